The molecule has 0 aliphatic carbocycles. The molecule has 0 heterocycles. The maximum Gasteiger partial charge on any atom is 0.432 e. The number of alkyl halides is 6. The third-order valence-electron chi connectivity index (χ3n) is 4.44. The summed E-state index contributed by atoms with van der Waals surface area (Å²) in [6, 6.07) is 7.00. The van der Waals surface area contributed by atoms with Crippen molar-refractivity contribution in [3.05, 3.63) is 66.2 Å². The minimum Gasteiger partial charge on any atom is -0.494 e. The molecule has 0 bridgehead atoms. The van der Waals surface area contributed by atoms with Crippen LogP contribution in [0.4, 0.5) is 26.3 Å². The van der Waals surface area contributed by atoms with Crippen LogP contribution in [-0.2, 0) is 19.9 Å². The molecule has 0 unspecified atom stereocenters. The van der Waals surface area contributed by atoms with Gasteiger partial charge < -0.3 is 4.74 Å². The molecular formula is C21H20F6O4S. The normalized spacial score (nSPS) is 13.1. The van der Waals surface area contributed by atoms with Gasteiger partial charge in [0.2, 0.25) is 0 Å². The van der Waals surface area contributed by atoms with Crippen LogP contribution in [0.5, 0.6) is 5.75 Å². The van der Waals surface area contributed by atoms with E-state index in [1.807, 2.05) is 6.92 Å². The van der Waals surface area contributed by atoms with E-state index in [1.165, 1.54) is 6.07 Å². The number of rotatable bonds is 9. The van der Waals surface area contributed by atoms with E-state index in [2.05, 4.69) is 10.8 Å². The van der Waals surface area contributed by atoms with Crippen LogP contribution in [-0.4, -0.2) is 27.4 Å². The zero-order valence-corrected chi connectivity index (χ0v) is 17.7. The quantitative estimate of drug-likeness (QED) is 0.241. The summed E-state index contributed by atoms with van der Waals surface area (Å²) in [6.45, 7) is 5.52. The fourth-order valence-corrected chi connectivity index (χ4v) is 3.94. The molecule has 2 aromatic rings. The van der Waals surface area contributed by atoms with Crippen LogP contribution >= 0.6 is 0 Å². The Hall–Kier alpha value is -2.53. The lowest BCUT2D eigenvalue weighted by atomic mass is 9.91. The van der Waals surface area contributed by atoms with Gasteiger partial charge in [0.15, 0.2) is 0 Å². The molecule has 0 aromatic heterocycles. The Kier molecular flexibility index (Phi) is 7.67. The first-order chi connectivity index (χ1) is 14.8. The molecule has 0 saturated carbocycles. The van der Waals surface area contributed by atoms with Crippen LogP contribution in [0.3, 0.4) is 0 Å². The second-order valence-electron chi connectivity index (χ2n) is 6.72. The van der Waals surface area contributed by atoms with Gasteiger partial charge in [-0.05, 0) is 42.3 Å². The molecule has 4 nitrogen and oxygen atoms in total. The Morgan fingerprint density at radius 1 is 0.969 bits per heavy atom. The topological polar surface area (TPSA) is 52.6 Å². The maximum absolute atomic E-state index is 13.9. The van der Waals surface area contributed by atoms with E-state index >= 15 is 0 Å². The van der Waals surface area contributed by atoms with Gasteiger partial charge in [0.25, 0.3) is 10.1 Å². The number of halogens is 6. The van der Waals surface area contributed by atoms with Crippen molar-refractivity contribution >= 4 is 16.2 Å². The van der Waals surface area contributed by atoms with Gasteiger partial charge in [0, 0.05) is 5.56 Å². The van der Waals surface area contributed by atoms with E-state index in [1.54, 1.807) is 0 Å². The SMILES string of the molecule is C=Cc1cccc(C(OS(=O)(=O)c2ccc(OCCCC)cc2)(C(F)(F)F)C(F)(F)F)c1. The van der Waals surface area contributed by atoms with Crippen molar-refractivity contribution in [2.45, 2.75) is 42.6 Å². The van der Waals surface area contributed by atoms with Gasteiger partial charge in [-0.3, -0.25) is 0 Å². The largest absolute Gasteiger partial charge is 0.494 e. The second kappa shape index (κ2) is 9.53. The van der Waals surface area contributed by atoms with Crippen LogP contribution in [0.25, 0.3) is 6.08 Å². The minimum absolute atomic E-state index is 0.0880. The smallest absolute Gasteiger partial charge is 0.432 e. The molecule has 0 radical (unpaired) electrons. The molecular weight excluding hydrogens is 462 g/mol. The summed E-state index contributed by atoms with van der Waals surface area (Å²) < 4.78 is 118. The molecule has 0 saturated heterocycles. The first-order valence-electron chi connectivity index (χ1n) is 9.33. The van der Waals surface area contributed by atoms with Crippen molar-refractivity contribution in [2.75, 3.05) is 6.61 Å². The lowest BCUT2D eigenvalue weighted by Gasteiger charge is -2.36. The number of unbranched alkanes of at least 4 members (excludes halogenated alkanes) is 1. The Balaban J connectivity index is 2.57. The molecule has 176 valence electrons. The molecule has 0 atom stereocenters. The van der Waals surface area contributed by atoms with Crippen LogP contribution in [0.1, 0.15) is 30.9 Å². The first-order valence-corrected chi connectivity index (χ1v) is 10.7. The van der Waals surface area contributed by atoms with E-state index in [9.17, 15) is 34.8 Å². The van der Waals surface area contributed by atoms with Gasteiger partial charge in [-0.15, -0.1) is 0 Å². The van der Waals surface area contributed by atoms with Gasteiger partial charge in [0.1, 0.15) is 5.75 Å². The maximum atomic E-state index is 13.9. The third-order valence-corrected chi connectivity index (χ3v) is 5.76. The average molecular weight is 482 g/mol. The number of hydrogen-bond acceptors (Lipinski definition) is 4. The van der Waals surface area contributed by atoms with Crippen molar-refractivity contribution < 1.29 is 43.7 Å². The van der Waals surface area contributed by atoms with Crippen molar-refractivity contribution in [3.63, 3.8) is 0 Å². The summed E-state index contributed by atoms with van der Waals surface area (Å²) in [6.07, 6.45) is -9.79. The van der Waals surface area contributed by atoms with E-state index < -0.39 is 38.5 Å². The lowest BCUT2D eigenvalue weighted by Crippen LogP contribution is -2.56. The van der Waals surface area contributed by atoms with Crippen LogP contribution < -0.4 is 4.74 Å². The summed E-state index contributed by atoms with van der Waals surface area (Å²) in [5, 5.41) is 0. The standard InChI is InChI=1S/C21H20F6O4S/c1-3-5-13-30-17-9-11-18(12-10-17)32(28,29)31-19(20(22,23)24,21(25,26)27)16-8-6-7-15(4-2)14-16/h4,6-12,14H,2-3,5,13H2,1H3. The van der Waals surface area contributed by atoms with Crippen LogP contribution in [0.2, 0.25) is 0 Å². The van der Waals surface area contributed by atoms with Crippen molar-refractivity contribution in [3.8, 4) is 5.75 Å². The molecule has 32 heavy (non-hydrogen) atoms. The van der Waals surface area contributed by atoms with Gasteiger partial charge >= 0.3 is 18.0 Å². The highest BCUT2D eigenvalue weighted by Gasteiger charge is 2.75. The summed E-state index contributed by atoms with van der Waals surface area (Å²) in [5.74, 6) is 0.203. The summed E-state index contributed by atoms with van der Waals surface area (Å²) >= 11 is 0. The molecule has 0 aliphatic rings. The first kappa shape index (κ1) is 25.7. The Labute approximate surface area is 181 Å². The van der Waals surface area contributed by atoms with Crippen LogP contribution in [0, 0.1) is 0 Å². The number of benzene rings is 2. The van der Waals surface area contributed by atoms with Crippen molar-refractivity contribution in [2.24, 2.45) is 0 Å². The minimum atomic E-state index is -6.17. The predicted octanol–water partition coefficient (Wildman–Crippen LogP) is 6.23. The van der Waals surface area contributed by atoms with Gasteiger partial charge in [-0.1, -0.05) is 44.2 Å². The molecule has 0 fully saturated rings. The van der Waals surface area contributed by atoms with Crippen molar-refractivity contribution in [1.82, 2.24) is 0 Å². The zero-order chi connectivity index (χ0) is 24.2. The molecule has 0 spiro atoms. The Morgan fingerprint density at radius 3 is 2.06 bits per heavy atom. The van der Waals surface area contributed by atoms with Gasteiger partial charge in [-0.25, -0.2) is 4.18 Å². The van der Waals surface area contributed by atoms with E-state index in [4.69, 9.17) is 4.74 Å². The number of hydrogen-bond donors (Lipinski definition) is 0. The fourth-order valence-electron chi connectivity index (χ4n) is 2.76. The predicted molar refractivity (Wildman–Crippen MR) is 105 cm³/mol. The average Bonchev–Trinajstić information content (AvgIpc) is 2.71. The highest BCUT2D eigenvalue weighted by Crippen LogP contribution is 2.54. The van der Waals surface area contributed by atoms with Gasteiger partial charge in [-0.2, -0.15) is 34.8 Å². The summed E-state index contributed by atoms with van der Waals surface area (Å²) in [7, 11) is -5.52. The molecule has 2 rings (SSSR count). The fraction of sp³-hybridized carbons (Fsp3) is 0.333. The Bertz CT molecular complexity index is 1010. The molecule has 0 aliphatic heterocycles. The molecule has 0 N–H and O–H groups in total. The summed E-state index contributed by atoms with van der Waals surface area (Å²) in [4.78, 5) is -0.891. The van der Waals surface area contributed by atoms with Crippen LogP contribution in [0.15, 0.2) is 60.0 Å². The zero-order valence-electron chi connectivity index (χ0n) is 16.8. The van der Waals surface area contributed by atoms with E-state index in [0.29, 0.717) is 25.2 Å². The Morgan fingerprint density at radius 2 is 1.56 bits per heavy atom. The summed E-state index contributed by atoms with van der Waals surface area (Å²) in [5.41, 5.74) is -6.67. The molecule has 2 aromatic carbocycles. The van der Waals surface area contributed by atoms with E-state index in [0.717, 1.165) is 42.8 Å². The highest BCUT2D eigenvalue weighted by molar-refractivity contribution is 7.86. The van der Waals surface area contributed by atoms with Crippen molar-refractivity contribution in [1.29, 1.82) is 0 Å². The monoisotopic (exact) mass is 482 g/mol. The van der Waals surface area contributed by atoms with Gasteiger partial charge in [0.05, 0.1) is 11.5 Å². The lowest BCUT2D eigenvalue weighted by molar-refractivity contribution is -0.364. The molecule has 0 amide bonds. The van der Waals surface area contributed by atoms with E-state index in [-0.39, 0.29) is 11.3 Å². The second-order valence-corrected chi connectivity index (χ2v) is 8.26. The molecule has 11 heteroatoms. The highest BCUT2D eigenvalue weighted by atomic mass is 32.2. The number of ether oxygens (including phenoxy) is 1. The third kappa shape index (κ3) is 5.26.